The Morgan fingerprint density at radius 2 is 1.84 bits per heavy atom. The van der Waals surface area contributed by atoms with Gasteiger partial charge in [0.25, 0.3) is 11.5 Å². The van der Waals surface area contributed by atoms with E-state index in [1.807, 2.05) is 6.92 Å². The Labute approximate surface area is 141 Å². The number of aromatic amines is 1. The summed E-state index contributed by atoms with van der Waals surface area (Å²) in [6.07, 6.45) is 1.43. The first-order valence-corrected chi connectivity index (χ1v) is 7.63. The van der Waals surface area contributed by atoms with Crippen molar-refractivity contribution >= 4 is 17.4 Å². The van der Waals surface area contributed by atoms with Gasteiger partial charge in [-0.25, -0.2) is 13.6 Å². The molecule has 0 bridgehead atoms. The van der Waals surface area contributed by atoms with Gasteiger partial charge in [-0.05, 0) is 18.6 Å². The van der Waals surface area contributed by atoms with Crippen LogP contribution >= 0.6 is 0 Å². The molecule has 2 rings (SSSR count). The summed E-state index contributed by atoms with van der Waals surface area (Å²) in [5.74, 6) is -2.87. The monoisotopic (exact) mass is 352 g/mol. The first kappa shape index (κ1) is 18.4. The maximum Gasteiger partial charge on any atom is 0.330 e. The van der Waals surface area contributed by atoms with Gasteiger partial charge in [0.05, 0.1) is 0 Å². The highest BCUT2D eigenvalue weighted by Gasteiger charge is 2.22. The van der Waals surface area contributed by atoms with Crippen molar-refractivity contribution in [3.63, 3.8) is 0 Å². The van der Waals surface area contributed by atoms with Crippen LogP contribution in [-0.2, 0) is 6.54 Å². The number of hydrogen-bond acceptors (Lipinski definition) is 4. The molecule has 0 radical (unpaired) electrons. The SMILES string of the molecule is CCCCn1c(N)c(N(C)C(=O)c2cc(F)cc(F)c2)c(=O)[nH]c1=O. The molecular formula is C16H18F2N4O3. The van der Waals surface area contributed by atoms with Crippen molar-refractivity contribution in [1.82, 2.24) is 9.55 Å². The van der Waals surface area contributed by atoms with Gasteiger partial charge in [-0.1, -0.05) is 13.3 Å². The number of hydrogen-bond donors (Lipinski definition) is 2. The van der Waals surface area contributed by atoms with Crippen LogP contribution in [0.4, 0.5) is 20.3 Å². The fraction of sp³-hybridized carbons (Fsp3) is 0.312. The number of nitrogens with zero attached hydrogens (tertiary/aromatic N) is 2. The Hall–Kier alpha value is -2.97. The smallest absolute Gasteiger partial charge is 0.330 e. The summed E-state index contributed by atoms with van der Waals surface area (Å²) in [7, 11) is 1.24. The van der Waals surface area contributed by atoms with Crippen molar-refractivity contribution in [2.75, 3.05) is 17.7 Å². The van der Waals surface area contributed by atoms with E-state index in [4.69, 9.17) is 5.73 Å². The minimum absolute atomic E-state index is 0.185. The van der Waals surface area contributed by atoms with Crippen LogP contribution in [0.25, 0.3) is 0 Å². The first-order chi connectivity index (χ1) is 11.8. The van der Waals surface area contributed by atoms with E-state index in [0.717, 1.165) is 28.0 Å². The number of aromatic nitrogens is 2. The second-order valence-corrected chi connectivity index (χ2v) is 5.52. The third-order valence-corrected chi connectivity index (χ3v) is 3.70. The third kappa shape index (κ3) is 3.76. The number of anilines is 2. The number of H-pyrrole nitrogens is 1. The molecule has 25 heavy (non-hydrogen) atoms. The molecule has 2 aromatic rings. The van der Waals surface area contributed by atoms with Crippen LogP contribution in [0.2, 0.25) is 0 Å². The van der Waals surface area contributed by atoms with Gasteiger partial charge in [0.2, 0.25) is 0 Å². The lowest BCUT2D eigenvalue weighted by Crippen LogP contribution is -2.39. The number of carbonyl (C=O) groups excluding carboxylic acids is 1. The number of halogens is 2. The number of carbonyl (C=O) groups is 1. The zero-order chi connectivity index (χ0) is 18.7. The molecule has 134 valence electrons. The number of nitrogens with two attached hydrogens (primary N) is 1. The molecule has 0 aliphatic rings. The highest BCUT2D eigenvalue weighted by atomic mass is 19.1. The zero-order valence-corrected chi connectivity index (χ0v) is 13.8. The van der Waals surface area contributed by atoms with Crippen molar-refractivity contribution in [3.8, 4) is 0 Å². The van der Waals surface area contributed by atoms with Crippen molar-refractivity contribution < 1.29 is 13.6 Å². The van der Waals surface area contributed by atoms with Gasteiger partial charge in [-0.15, -0.1) is 0 Å². The van der Waals surface area contributed by atoms with E-state index in [-0.39, 0.29) is 23.6 Å². The molecule has 1 amide bonds. The van der Waals surface area contributed by atoms with Crippen LogP contribution in [0.15, 0.2) is 27.8 Å². The summed E-state index contributed by atoms with van der Waals surface area (Å²) in [6, 6.07) is 2.32. The number of nitrogens with one attached hydrogen (secondary N) is 1. The summed E-state index contributed by atoms with van der Waals surface area (Å²) in [5.41, 5.74) is 3.82. The van der Waals surface area contributed by atoms with Crippen molar-refractivity contribution in [3.05, 3.63) is 56.2 Å². The number of amides is 1. The van der Waals surface area contributed by atoms with Gasteiger partial charge in [0.15, 0.2) is 5.69 Å². The molecule has 1 aromatic heterocycles. The van der Waals surface area contributed by atoms with E-state index >= 15 is 0 Å². The molecule has 7 nitrogen and oxygen atoms in total. The maximum atomic E-state index is 13.3. The van der Waals surface area contributed by atoms with Crippen LogP contribution in [-0.4, -0.2) is 22.5 Å². The molecule has 0 spiro atoms. The zero-order valence-electron chi connectivity index (χ0n) is 13.8. The topological polar surface area (TPSA) is 101 Å². The Balaban J connectivity index is 2.51. The standard InChI is InChI=1S/C16H18F2N4O3/c1-3-4-5-22-13(19)12(14(23)20-16(22)25)21(2)15(24)9-6-10(17)8-11(18)7-9/h6-8H,3-5,19H2,1-2H3,(H,20,23,25). The van der Waals surface area contributed by atoms with E-state index in [0.29, 0.717) is 12.5 Å². The molecular weight excluding hydrogens is 334 g/mol. The van der Waals surface area contributed by atoms with Crippen LogP contribution in [0.1, 0.15) is 30.1 Å². The van der Waals surface area contributed by atoms with Gasteiger partial charge >= 0.3 is 5.69 Å². The number of nitrogen functional groups attached to an aromatic ring is 1. The molecule has 1 heterocycles. The lowest BCUT2D eigenvalue weighted by Gasteiger charge is -2.20. The average molecular weight is 352 g/mol. The lowest BCUT2D eigenvalue weighted by atomic mass is 10.2. The Bertz CT molecular complexity index is 900. The molecule has 1 aromatic carbocycles. The van der Waals surface area contributed by atoms with Crippen LogP contribution in [0.5, 0.6) is 0 Å². The van der Waals surface area contributed by atoms with Gasteiger partial charge in [-0.2, -0.15) is 0 Å². The van der Waals surface area contributed by atoms with Crippen LogP contribution < -0.4 is 21.9 Å². The van der Waals surface area contributed by atoms with E-state index in [9.17, 15) is 23.2 Å². The Morgan fingerprint density at radius 3 is 2.40 bits per heavy atom. The average Bonchev–Trinajstić information content (AvgIpc) is 2.52. The summed E-state index contributed by atoms with van der Waals surface area (Å²) < 4.78 is 27.8. The fourth-order valence-corrected chi connectivity index (χ4v) is 2.41. The van der Waals surface area contributed by atoms with Gasteiger partial charge in [0.1, 0.15) is 17.5 Å². The lowest BCUT2D eigenvalue weighted by molar-refractivity contribution is 0.0991. The minimum Gasteiger partial charge on any atom is -0.383 e. The normalized spacial score (nSPS) is 10.7. The quantitative estimate of drug-likeness (QED) is 0.851. The number of unbranched alkanes of at least 4 members (excludes halogenated alkanes) is 1. The summed E-state index contributed by atoms with van der Waals surface area (Å²) >= 11 is 0. The molecule has 0 saturated carbocycles. The van der Waals surface area contributed by atoms with Gasteiger partial charge in [0, 0.05) is 25.2 Å². The molecule has 9 heteroatoms. The number of benzene rings is 1. The van der Waals surface area contributed by atoms with Gasteiger partial charge < -0.3 is 10.6 Å². The second-order valence-electron chi connectivity index (χ2n) is 5.52. The molecule has 0 aliphatic heterocycles. The predicted octanol–water partition coefficient (Wildman–Crippen LogP) is 1.47. The Kier molecular flexibility index (Phi) is 5.35. The summed E-state index contributed by atoms with van der Waals surface area (Å²) in [6.45, 7) is 2.18. The summed E-state index contributed by atoms with van der Waals surface area (Å²) in [4.78, 5) is 39.4. The Morgan fingerprint density at radius 1 is 1.24 bits per heavy atom. The predicted molar refractivity (Wildman–Crippen MR) is 89.7 cm³/mol. The maximum absolute atomic E-state index is 13.3. The van der Waals surface area contributed by atoms with Crippen LogP contribution in [0.3, 0.4) is 0 Å². The van der Waals surface area contributed by atoms with Crippen molar-refractivity contribution in [1.29, 1.82) is 0 Å². The van der Waals surface area contributed by atoms with E-state index in [1.165, 1.54) is 7.05 Å². The molecule has 0 unspecified atom stereocenters. The summed E-state index contributed by atoms with van der Waals surface area (Å²) in [5, 5.41) is 0. The number of rotatable bonds is 5. The molecule has 0 aliphatic carbocycles. The molecule has 3 N–H and O–H groups in total. The van der Waals surface area contributed by atoms with E-state index in [2.05, 4.69) is 4.98 Å². The third-order valence-electron chi connectivity index (χ3n) is 3.70. The molecule has 0 saturated heterocycles. The minimum atomic E-state index is -0.924. The van der Waals surface area contributed by atoms with Crippen LogP contribution in [0, 0.1) is 11.6 Å². The highest BCUT2D eigenvalue weighted by molar-refractivity contribution is 6.06. The highest BCUT2D eigenvalue weighted by Crippen LogP contribution is 2.19. The van der Waals surface area contributed by atoms with Crippen molar-refractivity contribution in [2.45, 2.75) is 26.3 Å². The molecule has 0 atom stereocenters. The first-order valence-electron chi connectivity index (χ1n) is 7.63. The van der Waals surface area contributed by atoms with Gasteiger partial charge in [-0.3, -0.25) is 19.1 Å². The fourth-order valence-electron chi connectivity index (χ4n) is 2.41. The molecule has 0 fully saturated rings. The second kappa shape index (κ2) is 7.29. The largest absolute Gasteiger partial charge is 0.383 e. The van der Waals surface area contributed by atoms with Crippen molar-refractivity contribution in [2.24, 2.45) is 0 Å². The van der Waals surface area contributed by atoms with E-state index in [1.54, 1.807) is 0 Å². The van der Waals surface area contributed by atoms with E-state index < -0.39 is 28.8 Å².